The van der Waals surface area contributed by atoms with Crippen LogP contribution in [-0.2, 0) is 4.74 Å². The van der Waals surface area contributed by atoms with Crippen LogP contribution < -0.4 is 0 Å². The summed E-state index contributed by atoms with van der Waals surface area (Å²) in [5.74, 6) is 0.952. The van der Waals surface area contributed by atoms with Crippen molar-refractivity contribution in [2.75, 3.05) is 7.11 Å². The van der Waals surface area contributed by atoms with Crippen LogP contribution in [0, 0.1) is 0 Å². The fourth-order valence-electron chi connectivity index (χ4n) is 0.856. The first-order valence-electron chi connectivity index (χ1n) is 3.41. The lowest BCUT2D eigenvalue weighted by Gasteiger charge is -1.96. The predicted octanol–water partition coefficient (Wildman–Crippen LogP) is 2.42. The van der Waals surface area contributed by atoms with Crippen LogP contribution in [0.3, 0.4) is 0 Å². The third kappa shape index (κ3) is 1.76. The number of hydrogen-bond donors (Lipinski definition) is 0. The molecular weight excluding hydrogens is 124 g/mol. The molecule has 1 rings (SSSR count). The average Bonchev–Trinajstić information content (AvgIpc) is 2.14. The van der Waals surface area contributed by atoms with Gasteiger partial charge in [0.05, 0.1) is 7.11 Å². The monoisotopic (exact) mass is 136 g/mol. The van der Waals surface area contributed by atoms with Crippen LogP contribution in [0.15, 0.2) is 35.6 Å². The molecule has 0 bridgehead atoms. The third-order valence-electron chi connectivity index (χ3n) is 1.50. The Morgan fingerprint density at radius 3 is 3.00 bits per heavy atom. The SMILES string of the molecule is COC1=CCC(C)=CC=C1. The van der Waals surface area contributed by atoms with E-state index in [0.717, 1.165) is 12.2 Å². The van der Waals surface area contributed by atoms with Crippen molar-refractivity contribution in [3.8, 4) is 0 Å². The maximum atomic E-state index is 5.06. The van der Waals surface area contributed by atoms with Crippen LogP contribution in [0.25, 0.3) is 0 Å². The van der Waals surface area contributed by atoms with E-state index in [1.807, 2.05) is 12.2 Å². The highest BCUT2D eigenvalue weighted by Gasteiger charge is 1.93. The lowest BCUT2D eigenvalue weighted by Crippen LogP contribution is -1.79. The molecule has 0 amide bonds. The van der Waals surface area contributed by atoms with Crippen molar-refractivity contribution in [2.45, 2.75) is 13.3 Å². The second-order valence-electron chi connectivity index (χ2n) is 2.39. The number of ether oxygens (including phenoxy) is 1. The average molecular weight is 136 g/mol. The van der Waals surface area contributed by atoms with Crippen molar-refractivity contribution < 1.29 is 4.74 Å². The molecule has 0 aromatic carbocycles. The van der Waals surface area contributed by atoms with Crippen LogP contribution in [0.4, 0.5) is 0 Å². The van der Waals surface area contributed by atoms with E-state index in [9.17, 15) is 0 Å². The molecule has 0 heterocycles. The highest BCUT2D eigenvalue weighted by molar-refractivity contribution is 5.25. The van der Waals surface area contributed by atoms with E-state index in [2.05, 4.69) is 19.1 Å². The summed E-state index contributed by atoms with van der Waals surface area (Å²) in [7, 11) is 1.69. The summed E-state index contributed by atoms with van der Waals surface area (Å²) in [5, 5.41) is 0. The van der Waals surface area contributed by atoms with Gasteiger partial charge in [-0.05, 0) is 25.5 Å². The minimum Gasteiger partial charge on any atom is -0.497 e. The Bertz CT molecular complexity index is 197. The Labute approximate surface area is 61.7 Å². The fraction of sp³-hybridized carbons (Fsp3) is 0.333. The second kappa shape index (κ2) is 3.25. The zero-order valence-corrected chi connectivity index (χ0v) is 6.42. The molecule has 0 unspecified atom stereocenters. The van der Waals surface area contributed by atoms with Gasteiger partial charge in [-0.3, -0.25) is 0 Å². The van der Waals surface area contributed by atoms with E-state index in [0.29, 0.717) is 0 Å². The molecule has 1 aliphatic rings. The first kappa shape index (κ1) is 7.13. The van der Waals surface area contributed by atoms with Gasteiger partial charge >= 0.3 is 0 Å². The Kier molecular flexibility index (Phi) is 2.32. The van der Waals surface area contributed by atoms with E-state index in [-0.39, 0.29) is 0 Å². The molecule has 0 aliphatic heterocycles. The van der Waals surface area contributed by atoms with Gasteiger partial charge in [-0.25, -0.2) is 0 Å². The summed E-state index contributed by atoms with van der Waals surface area (Å²) in [5.41, 5.74) is 1.36. The van der Waals surface area contributed by atoms with E-state index in [1.54, 1.807) is 7.11 Å². The summed E-state index contributed by atoms with van der Waals surface area (Å²) < 4.78 is 5.06. The van der Waals surface area contributed by atoms with Gasteiger partial charge in [-0.15, -0.1) is 0 Å². The molecule has 1 aliphatic carbocycles. The Morgan fingerprint density at radius 2 is 2.30 bits per heavy atom. The fourth-order valence-corrected chi connectivity index (χ4v) is 0.856. The number of methoxy groups -OCH3 is 1. The molecule has 0 fully saturated rings. The molecule has 0 aromatic heterocycles. The van der Waals surface area contributed by atoms with Gasteiger partial charge in [-0.1, -0.05) is 17.7 Å². The molecule has 10 heavy (non-hydrogen) atoms. The molecule has 54 valence electrons. The quantitative estimate of drug-likeness (QED) is 0.538. The normalized spacial score (nSPS) is 17.4. The first-order chi connectivity index (χ1) is 4.83. The van der Waals surface area contributed by atoms with Crippen LogP contribution in [0.2, 0.25) is 0 Å². The Morgan fingerprint density at radius 1 is 1.50 bits per heavy atom. The molecule has 0 aromatic rings. The second-order valence-corrected chi connectivity index (χ2v) is 2.39. The Balaban J connectivity index is 2.69. The van der Waals surface area contributed by atoms with Gasteiger partial charge in [0.2, 0.25) is 0 Å². The topological polar surface area (TPSA) is 9.23 Å². The summed E-state index contributed by atoms with van der Waals surface area (Å²) in [6.07, 6.45) is 9.15. The van der Waals surface area contributed by atoms with E-state index < -0.39 is 0 Å². The van der Waals surface area contributed by atoms with Crippen LogP contribution in [0.1, 0.15) is 13.3 Å². The number of hydrogen-bond acceptors (Lipinski definition) is 1. The van der Waals surface area contributed by atoms with Crippen molar-refractivity contribution in [2.24, 2.45) is 0 Å². The third-order valence-corrected chi connectivity index (χ3v) is 1.50. The van der Waals surface area contributed by atoms with Crippen molar-refractivity contribution in [3.63, 3.8) is 0 Å². The minimum absolute atomic E-state index is 0.952. The van der Waals surface area contributed by atoms with Crippen LogP contribution in [0.5, 0.6) is 0 Å². The molecule has 1 nitrogen and oxygen atoms in total. The van der Waals surface area contributed by atoms with Crippen molar-refractivity contribution in [1.82, 2.24) is 0 Å². The standard InChI is InChI=1S/C9H12O/c1-8-4-3-5-9(10-2)7-6-8/h3-5,7H,6H2,1-2H3. The van der Waals surface area contributed by atoms with Crippen LogP contribution >= 0.6 is 0 Å². The predicted molar refractivity (Wildman–Crippen MR) is 42.6 cm³/mol. The maximum Gasteiger partial charge on any atom is 0.115 e. The van der Waals surface area contributed by atoms with Gasteiger partial charge in [-0.2, -0.15) is 0 Å². The molecular formula is C9H12O. The highest BCUT2D eigenvalue weighted by atomic mass is 16.5. The van der Waals surface area contributed by atoms with Crippen molar-refractivity contribution >= 4 is 0 Å². The highest BCUT2D eigenvalue weighted by Crippen LogP contribution is 2.10. The van der Waals surface area contributed by atoms with Gasteiger partial charge in [0.15, 0.2) is 0 Å². The first-order valence-corrected chi connectivity index (χ1v) is 3.41. The van der Waals surface area contributed by atoms with Crippen LogP contribution in [-0.4, -0.2) is 7.11 Å². The van der Waals surface area contributed by atoms with Crippen molar-refractivity contribution in [3.05, 3.63) is 35.6 Å². The molecule has 0 spiro atoms. The summed E-state index contributed by atoms with van der Waals surface area (Å²) in [6.45, 7) is 2.11. The lowest BCUT2D eigenvalue weighted by molar-refractivity contribution is 0.305. The lowest BCUT2D eigenvalue weighted by atomic mass is 10.2. The number of allylic oxidation sites excluding steroid dienone is 5. The largest absolute Gasteiger partial charge is 0.497 e. The summed E-state index contributed by atoms with van der Waals surface area (Å²) in [4.78, 5) is 0. The zero-order valence-electron chi connectivity index (χ0n) is 6.42. The Hall–Kier alpha value is -0.980. The molecule has 1 heteroatoms. The van der Waals surface area contributed by atoms with Gasteiger partial charge in [0.1, 0.15) is 5.76 Å². The summed E-state index contributed by atoms with van der Waals surface area (Å²) in [6, 6.07) is 0. The summed E-state index contributed by atoms with van der Waals surface area (Å²) >= 11 is 0. The van der Waals surface area contributed by atoms with Gasteiger partial charge < -0.3 is 4.74 Å². The minimum atomic E-state index is 0.952. The molecule has 0 saturated heterocycles. The van der Waals surface area contributed by atoms with E-state index in [1.165, 1.54) is 5.57 Å². The molecule has 0 radical (unpaired) electrons. The smallest absolute Gasteiger partial charge is 0.115 e. The molecule has 0 N–H and O–H groups in total. The van der Waals surface area contributed by atoms with Gasteiger partial charge in [0.25, 0.3) is 0 Å². The molecule has 0 atom stereocenters. The van der Waals surface area contributed by atoms with Gasteiger partial charge in [0, 0.05) is 0 Å². The maximum absolute atomic E-state index is 5.06. The van der Waals surface area contributed by atoms with E-state index >= 15 is 0 Å². The molecule has 0 saturated carbocycles. The van der Waals surface area contributed by atoms with E-state index in [4.69, 9.17) is 4.74 Å². The van der Waals surface area contributed by atoms with Crippen molar-refractivity contribution in [1.29, 1.82) is 0 Å². The number of rotatable bonds is 1. The zero-order chi connectivity index (χ0) is 7.40.